The van der Waals surface area contributed by atoms with Crippen molar-refractivity contribution in [2.45, 2.75) is 6.61 Å². The first-order valence-electron chi connectivity index (χ1n) is 6.33. The molecule has 0 atom stereocenters. The van der Waals surface area contributed by atoms with Crippen molar-refractivity contribution in [3.8, 4) is 22.6 Å². The zero-order valence-electron chi connectivity index (χ0n) is 11.3. The smallest absolute Gasteiger partial charge is 0.293 e. The standard InChI is InChI=1S/C15H10ClN3O3/c16-12-3-11(4-17-6-12)15-14(19-8-22-15)10-1-2-13(18-5-10)7-21-9-20/h1-6,8-9H,7H2. The molecule has 110 valence electrons. The second-order valence-electron chi connectivity index (χ2n) is 4.37. The Morgan fingerprint density at radius 1 is 1.18 bits per heavy atom. The van der Waals surface area contributed by atoms with Crippen LogP contribution in [-0.4, -0.2) is 21.4 Å². The summed E-state index contributed by atoms with van der Waals surface area (Å²) in [4.78, 5) is 22.6. The van der Waals surface area contributed by atoms with Crippen molar-refractivity contribution in [2.75, 3.05) is 0 Å². The molecule has 0 amide bonds. The summed E-state index contributed by atoms with van der Waals surface area (Å²) >= 11 is 5.95. The fourth-order valence-electron chi connectivity index (χ4n) is 1.96. The van der Waals surface area contributed by atoms with Gasteiger partial charge in [-0.3, -0.25) is 14.8 Å². The Morgan fingerprint density at radius 2 is 2.09 bits per heavy atom. The first-order valence-corrected chi connectivity index (χ1v) is 6.70. The molecule has 3 heterocycles. The molecule has 0 aliphatic carbocycles. The van der Waals surface area contributed by atoms with Crippen LogP contribution in [0.4, 0.5) is 0 Å². The summed E-state index contributed by atoms with van der Waals surface area (Å²) in [7, 11) is 0. The van der Waals surface area contributed by atoms with Gasteiger partial charge in [-0.2, -0.15) is 0 Å². The van der Waals surface area contributed by atoms with Crippen LogP contribution in [-0.2, 0) is 16.1 Å². The van der Waals surface area contributed by atoms with Gasteiger partial charge in [-0.15, -0.1) is 0 Å². The molecule has 0 radical (unpaired) electrons. The van der Waals surface area contributed by atoms with E-state index in [1.165, 1.54) is 6.39 Å². The molecule has 0 aliphatic heterocycles. The van der Waals surface area contributed by atoms with Gasteiger partial charge in [0.05, 0.1) is 10.7 Å². The molecule has 7 heteroatoms. The number of halogens is 1. The summed E-state index contributed by atoms with van der Waals surface area (Å²) in [5.74, 6) is 0.564. The average Bonchev–Trinajstić information content (AvgIpc) is 3.03. The number of hydrogen-bond acceptors (Lipinski definition) is 6. The third kappa shape index (κ3) is 2.96. The van der Waals surface area contributed by atoms with Crippen LogP contribution in [0.5, 0.6) is 0 Å². The van der Waals surface area contributed by atoms with Crippen LogP contribution < -0.4 is 0 Å². The van der Waals surface area contributed by atoms with Gasteiger partial charge in [-0.25, -0.2) is 4.98 Å². The normalized spacial score (nSPS) is 10.4. The van der Waals surface area contributed by atoms with Gasteiger partial charge >= 0.3 is 0 Å². The Morgan fingerprint density at radius 3 is 2.82 bits per heavy atom. The lowest BCUT2D eigenvalue weighted by atomic mass is 10.1. The summed E-state index contributed by atoms with van der Waals surface area (Å²) in [6.07, 6.45) is 6.19. The first-order chi connectivity index (χ1) is 10.8. The van der Waals surface area contributed by atoms with Gasteiger partial charge in [0, 0.05) is 29.7 Å². The van der Waals surface area contributed by atoms with Gasteiger partial charge in [0.15, 0.2) is 12.2 Å². The highest BCUT2D eigenvalue weighted by Gasteiger charge is 2.14. The molecule has 22 heavy (non-hydrogen) atoms. The van der Waals surface area contributed by atoms with Crippen molar-refractivity contribution in [2.24, 2.45) is 0 Å². The lowest BCUT2D eigenvalue weighted by molar-refractivity contribution is -0.129. The third-order valence-corrected chi connectivity index (χ3v) is 3.14. The largest absolute Gasteiger partial charge is 0.461 e. The molecule has 0 unspecified atom stereocenters. The summed E-state index contributed by atoms with van der Waals surface area (Å²) < 4.78 is 10.1. The molecule has 0 fully saturated rings. The highest BCUT2D eigenvalue weighted by Crippen LogP contribution is 2.31. The van der Waals surface area contributed by atoms with Crippen LogP contribution in [0.3, 0.4) is 0 Å². The van der Waals surface area contributed by atoms with Crippen LogP contribution in [0.15, 0.2) is 47.6 Å². The fraction of sp³-hybridized carbons (Fsp3) is 0.0667. The molecular weight excluding hydrogens is 306 g/mol. The number of nitrogens with zero attached hydrogens (tertiary/aromatic N) is 3. The summed E-state index contributed by atoms with van der Waals surface area (Å²) in [5.41, 5.74) is 2.79. The van der Waals surface area contributed by atoms with E-state index >= 15 is 0 Å². The minimum atomic E-state index is 0.133. The minimum absolute atomic E-state index is 0.133. The number of hydrogen-bond donors (Lipinski definition) is 0. The van der Waals surface area contributed by atoms with Crippen molar-refractivity contribution in [3.63, 3.8) is 0 Å². The number of carbonyl (C=O) groups excluding carboxylic acids is 1. The molecule has 0 aromatic carbocycles. The Hall–Kier alpha value is -2.73. The van der Waals surface area contributed by atoms with Crippen molar-refractivity contribution in [1.29, 1.82) is 0 Å². The molecule has 0 N–H and O–H groups in total. The number of pyridine rings is 2. The Labute approximate surface area is 130 Å². The Balaban J connectivity index is 1.93. The number of rotatable bonds is 5. The fourth-order valence-corrected chi connectivity index (χ4v) is 2.14. The van der Waals surface area contributed by atoms with Gasteiger partial charge in [0.2, 0.25) is 0 Å². The summed E-state index contributed by atoms with van der Waals surface area (Å²) in [5, 5.41) is 0.513. The minimum Gasteiger partial charge on any atom is -0.461 e. The molecule has 3 aromatic rings. The predicted octanol–water partition coefficient (Wildman–Crippen LogP) is 3.13. The van der Waals surface area contributed by atoms with Gasteiger partial charge in [-0.05, 0) is 18.2 Å². The second kappa shape index (κ2) is 6.36. The quantitative estimate of drug-likeness (QED) is 0.673. The molecule has 0 saturated carbocycles. The summed E-state index contributed by atoms with van der Waals surface area (Å²) in [6.45, 7) is 0.519. The maximum atomic E-state index is 10.2. The summed E-state index contributed by atoms with van der Waals surface area (Å²) in [6, 6.07) is 5.33. The maximum absolute atomic E-state index is 10.2. The zero-order chi connectivity index (χ0) is 15.4. The SMILES string of the molecule is O=COCc1ccc(-c2ncoc2-c2cncc(Cl)c2)cn1. The van der Waals surface area contributed by atoms with E-state index in [0.717, 1.165) is 11.1 Å². The van der Waals surface area contributed by atoms with E-state index in [1.807, 2.05) is 6.07 Å². The first kappa shape index (κ1) is 14.2. The van der Waals surface area contributed by atoms with Crippen LogP contribution in [0.25, 0.3) is 22.6 Å². The van der Waals surface area contributed by atoms with Crippen LogP contribution in [0.1, 0.15) is 5.69 Å². The van der Waals surface area contributed by atoms with Gasteiger partial charge in [-0.1, -0.05) is 11.6 Å². The van der Waals surface area contributed by atoms with Gasteiger partial charge < -0.3 is 9.15 Å². The van der Waals surface area contributed by atoms with E-state index in [-0.39, 0.29) is 6.61 Å². The van der Waals surface area contributed by atoms with Gasteiger partial charge in [0.1, 0.15) is 12.3 Å². The monoisotopic (exact) mass is 315 g/mol. The van der Waals surface area contributed by atoms with Crippen molar-refractivity contribution < 1.29 is 13.9 Å². The maximum Gasteiger partial charge on any atom is 0.293 e. The number of ether oxygens (including phenoxy) is 1. The number of aromatic nitrogens is 3. The van der Waals surface area contributed by atoms with Crippen LogP contribution >= 0.6 is 11.6 Å². The highest BCUT2D eigenvalue weighted by molar-refractivity contribution is 6.30. The third-order valence-electron chi connectivity index (χ3n) is 2.93. The van der Waals surface area contributed by atoms with E-state index in [0.29, 0.717) is 28.6 Å². The molecule has 3 rings (SSSR count). The average molecular weight is 316 g/mol. The van der Waals surface area contributed by atoms with E-state index in [2.05, 4.69) is 19.7 Å². The van der Waals surface area contributed by atoms with Crippen molar-refractivity contribution >= 4 is 18.1 Å². The van der Waals surface area contributed by atoms with Crippen LogP contribution in [0.2, 0.25) is 5.02 Å². The topological polar surface area (TPSA) is 78.1 Å². The predicted molar refractivity (Wildman–Crippen MR) is 78.8 cm³/mol. The van der Waals surface area contributed by atoms with E-state index in [9.17, 15) is 4.79 Å². The lowest BCUT2D eigenvalue weighted by Gasteiger charge is -2.03. The van der Waals surface area contributed by atoms with Crippen molar-refractivity contribution in [1.82, 2.24) is 15.0 Å². The molecular formula is C15H10ClN3O3. The van der Waals surface area contributed by atoms with Crippen LogP contribution in [0, 0.1) is 0 Å². The lowest BCUT2D eigenvalue weighted by Crippen LogP contribution is -1.94. The zero-order valence-corrected chi connectivity index (χ0v) is 12.0. The second-order valence-corrected chi connectivity index (χ2v) is 4.80. The molecule has 0 saturated heterocycles. The van der Waals surface area contributed by atoms with Gasteiger partial charge in [0.25, 0.3) is 6.47 Å². The molecule has 6 nitrogen and oxygen atoms in total. The molecule has 3 aromatic heterocycles. The Bertz CT molecular complexity index is 787. The van der Waals surface area contributed by atoms with E-state index < -0.39 is 0 Å². The van der Waals surface area contributed by atoms with E-state index in [4.69, 9.17) is 16.0 Å². The highest BCUT2D eigenvalue weighted by atomic mass is 35.5. The number of carbonyl (C=O) groups is 1. The van der Waals surface area contributed by atoms with E-state index in [1.54, 1.807) is 30.7 Å². The molecule has 0 aliphatic rings. The Kier molecular flexibility index (Phi) is 4.11. The van der Waals surface area contributed by atoms with Crippen molar-refractivity contribution in [3.05, 3.63) is 53.9 Å². The number of oxazole rings is 1. The molecule has 0 spiro atoms. The molecule has 0 bridgehead atoms.